The van der Waals surface area contributed by atoms with Crippen LogP contribution in [0, 0.1) is 0 Å². The standard InChI is InChI=1S/C9H17NS2/c1-2-8-7-12-9(10-8)3-5-11-6-4-9/h8,10H,2-7H2,1H3. The first-order chi connectivity index (χ1) is 5.85. The fraction of sp³-hybridized carbons (Fsp3) is 1.00. The van der Waals surface area contributed by atoms with Crippen molar-refractivity contribution in [2.24, 2.45) is 0 Å². The summed E-state index contributed by atoms with van der Waals surface area (Å²) in [6.45, 7) is 2.29. The topological polar surface area (TPSA) is 12.0 Å². The molecule has 0 aromatic carbocycles. The summed E-state index contributed by atoms with van der Waals surface area (Å²) in [6, 6.07) is 0.790. The van der Waals surface area contributed by atoms with Crippen LogP contribution < -0.4 is 5.32 Å². The SMILES string of the molecule is CCC1CSC2(CCSCC2)N1. The van der Waals surface area contributed by atoms with Crippen molar-refractivity contribution in [3.8, 4) is 0 Å². The van der Waals surface area contributed by atoms with E-state index in [4.69, 9.17) is 0 Å². The fourth-order valence-corrected chi connectivity index (χ4v) is 4.96. The van der Waals surface area contributed by atoms with Crippen molar-refractivity contribution in [1.82, 2.24) is 5.32 Å². The van der Waals surface area contributed by atoms with E-state index < -0.39 is 0 Å². The molecule has 2 heterocycles. The Morgan fingerprint density at radius 3 is 2.75 bits per heavy atom. The van der Waals surface area contributed by atoms with Gasteiger partial charge in [-0.25, -0.2) is 0 Å². The van der Waals surface area contributed by atoms with Gasteiger partial charge < -0.3 is 0 Å². The minimum atomic E-state index is 0.492. The predicted molar refractivity (Wildman–Crippen MR) is 59.0 cm³/mol. The van der Waals surface area contributed by atoms with Crippen LogP contribution in [0.15, 0.2) is 0 Å². The van der Waals surface area contributed by atoms with Gasteiger partial charge in [0.05, 0.1) is 4.87 Å². The van der Waals surface area contributed by atoms with E-state index in [1.54, 1.807) is 0 Å². The third-order valence-electron chi connectivity index (χ3n) is 2.82. The first kappa shape index (κ1) is 9.22. The molecule has 1 spiro atoms. The van der Waals surface area contributed by atoms with Crippen LogP contribution in [0.1, 0.15) is 26.2 Å². The summed E-state index contributed by atoms with van der Waals surface area (Å²) in [5, 5.41) is 3.81. The fourth-order valence-electron chi connectivity index (χ4n) is 1.93. The minimum absolute atomic E-state index is 0.492. The number of nitrogens with one attached hydrogen (secondary N) is 1. The third-order valence-corrected chi connectivity index (χ3v) is 5.45. The molecule has 2 saturated heterocycles. The lowest BCUT2D eigenvalue weighted by Crippen LogP contribution is -2.44. The Bertz CT molecular complexity index is 155. The highest BCUT2D eigenvalue weighted by Gasteiger charge is 2.39. The Balaban J connectivity index is 1.94. The molecule has 0 aliphatic carbocycles. The maximum atomic E-state index is 3.81. The molecule has 2 aliphatic heterocycles. The quantitative estimate of drug-likeness (QED) is 0.702. The van der Waals surface area contributed by atoms with Crippen LogP contribution in [0.4, 0.5) is 0 Å². The van der Waals surface area contributed by atoms with Gasteiger partial charge in [0.25, 0.3) is 0 Å². The van der Waals surface area contributed by atoms with Crippen molar-refractivity contribution in [2.75, 3.05) is 17.3 Å². The monoisotopic (exact) mass is 203 g/mol. The average Bonchev–Trinajstić information content (AvgIpc) is 2.50. The lowest BCUT2D eigenvalue weighted by Gasteiger charge is -2.33. The summed E-state index contributed by atoms with van der Waals surface area (Å²) >= 11 is 4.29. The van der Waals surface area contributed by atoms with Crippen molar-refractivity contribution < 1.29 is 0 Å². The largest absolute Gasteiger partial charge is 0.299 e. The molecule has 1 unspecified atom stereocenters. The van der Waals surface area contributed by atoms with Crippen LogP contribution in [0.3, 0.4) is 0 Å². The first-order valence-corrected chi connectivity index (χ1v) is 6.98. The van der Waals surface area contributed by atoms with E-state index in [1.165, 1.54) is 36.5 Å². The molecule has 1 nitrogen and oxygen atoms in total. The van der Waals surface area contributed by atoms with Crippen molar-refractivity contribution in [3.05, 3.63) is 0 Å². The second-order valence-corrected chi connectivity index (χ2v) is 6.30. The molecule has 0 bridgehead atoms. The van der Waals surface area contributed by atoms with E-state index in [0.29, 0.717) is 4.87 Å². The molecule has 0 saturated carbocycles. The maximum absolute atomic E-state index is 3.81. The molecule has 0 radical (unpaired) electrons. The van der Waals surface area contributed by atoms with Gasteiger partial charge in [0.2, 0.25) is 0 Å². The molecule has 2 rings (SSSR count). The molecule has 0 aromatic heterocycles. The molecule has 3 heteroatoms. The van der Waals surface area contributed by atoms with E-state index in [9.17, 15) is 0 Å². The molecule has 2 fully saturated rings. The number of hydrogen-bond acceptors (Lipinski definition) is 3. The molecule has 1 atom stereocenters. The van der Waals surface area contributed by atoms with Crippen LogP contribution in [0.25, 0.3) is 0 Å². The summed E-state index contributed by atoms with van der Waals surface area (Å²) in [5.41, 5.74) is 0. The highest BCUT2D eigenvalue weighted by atomic mass is 32.2. The molecule has 12 heavy (non-hydrogen) atoms. The van der Waals surface area contributed by atoms with Gasteiger partial charge in [-0.15, -0.1) is 11.8 Å². The Labute approximate surface area is 83.4 Å². The zero-order chi connectivity index (χ0) is 8.44. The summed E-state index contributed by atoms with van der Waals surface area (Å²) in [5.74, 6) is 4.05. The van der Waals surface area contributed by atoms with Crippen molar-refractivity contribution in [3.63, 3.8) is 0 Å². The van der Waals surface area contributed by atoms with Gasteiger partial charge in [-0.05, 0) is 30.8 Å². The maximum Gasteiger partial charge on any atom is 0.0663 e. The molecule has 70 valence electrons. The van der Waals surface area contributed by atoms with Gasteiger partial charge >= 0.3 is 0 Å². The zero-order valence-electron chi connectivity index (χ0n) is 7.64. The highest BCUT2D eigenvalue weighted by molar-refractivity contribution is 8.01. The minimum Gasteiger partial charge on any atom is -0.299 e. The van der Waals surface area contributed by atoms with Crippen LogP contribution in [0.5, 0.6) is 0 Å². The van der Waals surface area contributed by atoms with Crippen LogP contribution in [0.2, 0.25) is 0 Å². The Hall–Kier alpha value is 0.660. The van der Waals surface area contributed by atoms with Crippen LogP contribution in [-0.4, -0.2) is 28.2 Å². The summed E-state index contributed by atoms with van der Waals surface area (Å²) in [6.07, 6.45) is 4.04. The zero-order valence-corrected chi connectivity index (χ0v) is 9.27. The number of hydrogen-bond donors (Lipinski definition) is 1. The van der Waals surface area contributed by atoms with E-state index in [2.05, 4.69) is 35.8 Å². The smallest absolute Gasteiger partial charge is 0.0663 e. The van der Waals surface area contributed by atoms with Crippen molar-refractivity contribution in [2.45, 2.75) is 37.1 Å². The van der Waals surface area contributed by atoms with Gasteiger partial charge in [0, 0.05) is 11.8 Å². The molecular weight excluding hydrogens is 186 g/mol. The Kier molecular flexibility index (Phi) is 2.93. The van der Waals surface area contributed by atoms with Crippen molar-refractivity contribution in [1.29, 1.82) is 0 Å². The lowest BCUT2D eigenvalue weighted by molar-refractivity contribution is 0.408. The van der Waals surface area contributed by atoms with E-state index in [0.717, 1.165) is 6.04 Å². The second-order valence-electron chi connectivity index (χ2n) is 3.67. The first-order valence-electron chi connectivity index (χ1n) is 4.84. The molecule has 1 N–H and O–H groups in total. The van der Waals surface area contributed by atoms with Crippen molar-refractivity contribution >= 4 is 23.5 Å². The second kappa shape index (κ2) is 3.81. The summed E-state index contributed by atoms with van der Waals surface area (Å²) < 4.78 is 0. The van der Waals surface area contributed by atoms with E-state index in [-0.39, 0.29) is 0 Å². The van der Waals surface area contributed by atoms with Crippen LogP contribution >= 0.6 is 23.5 Å². The van der Waals surface area contributed by atoms with Gasteiger partial charge in [0.15, 0.2) is 0 Å². The Morgan fingerprint density at radius 2 is 2.17 bits per heavy atom. The average molecular weight is 203 g/mol. The molecular formula is C9H17NS2. The van der Waals surface area contributed by atoms with Gasteiger partial charge in [-0.1, -0.05) is 6.92 Å². The highest BCUT2D eigenvalue weighted by Crippen LogP contribution is 2.41. The van der Waals surface area contributed by atoms with Gasteiger partial charge in [-0.3, -0.25) is 5.32 Å². The van der Waals surface area contributed by atoms with Crippen LogP contribution in [-0.2, 0) is 0 Å². The lowest BCUT2D eigenvalue weighted by atomic mass is 10.1. The Morgan fingerprint density at radius 1 is 1.42 bits per heavy atom. The normalized spacial score (nSPS) is 34.2. The number of rotatable bonds is 1. The summed E-state index contributed by atoms with van der Waals surface area (Å²) in [4.78, 5) is 0.492. The predicted octanol–water partition coefficient (Wildman–Crippen LogP) is 2.32. The van der Waals surface area contributed by atoms with Gasteiger partial charge in [-0.2, -0.15) is 11.8 Å². The van der Waals surface area contributed by atoms with Gasteiger partial charge in [0.1, 0.15) is 0 Å². The third kappa shape index (κ3) is 1.78. The molecule has 2 aliphatic rings. The van der Waals surface area contributed by atoms with E-state index >= 15 is 0 Å². The van der Waals surface area contributed by atoms with E-state index in [1.807, 2.05) is 0 Å². The number of thioether (sulfide) groups is 2. The summed E-state index contributed by atoms with van der Waals surface area (Å²) in [7, 11) is 0. The molecule has 0 amide bonds. The molecule has 0 aromatic rings.